The van der Waals surface area contributed by atoms with Crippen molar-refractivity contribution in [2.75, 3.05) is 0 Å². The van der Waals surface area contributed by atoms with Gasteiger partial charge in [-0.15, -0.1) is 0 Å². The Morgan fingerprint density at radius 2 is 1.85 bits per heavy atom. The van der Waals surface area contributed by atoms with Crippen LogP contribution in [0.4, 0.5) is 0 Å². The fraction of sp³-hybridized carbons (Fsp3) is 0.778. The maximum absolute atomic E-state index is 12.3. The summed E-state index contributed by atoms with van der Waals surface area (Å²) in [4.78, 5) is 23.9. The Bertz CT molecular complexity index is 504. The molecule has 0 N–H and O–H groups in total. The van der Waals surface area contributed by atoms with Crippen molar-refractivity contribution < 1.29 is 9.59 Å². The van der Waals surface area contributed by atoms with Crippen molar-refractivity contribution in [2.24, 2.45) is 29.1 Å². The summed E-state index contributed by atoms with van der Waals surface area (Å²) in [5, 5.41) is 0. The van der Waals surface area contributed by atoms with Crippen molar-refractivity contribution in [3.05, 3.63) is 11.6 Å². The minimum absolute atomic E-state index is 0.00707. The van der Waals surface area contributed by atoms with E-state index in [1.54, 1.807) is 0 Å². The second-order valence-electron chi connectivity index (χ2n) is 7.72. The molecule has 3 saturated carbocycles. The van der Waals surface area contributed by atoms with E-state index in [1.807, 2.05) is 6.08 Å². The molecule has 5 atom stereocenters. The molecular formula is C18H24O2. The van der Waals surface area contributed by atoms with Gasteiger partial charge >= 0.3 is 0 Å². The van der Waals surface area contributed by atoms with Gasteiger partial charge in [0, 0.05) is 18.3 Å². The molecule has 0 aromatic carbocycles. The van der Waals surface area contributed by atoms with E-state index in [0.717, 1.165) is 50.4 Å². The first kappa shape index (κ1) is 12.8. The molecule has 0 amide bonds. The first-order chi connectivity index (χ1) is 9.59. The maximum atomic E-state index is 12.3. The number of hydrogen-bond acceptors (Lipinski definition) is 2. The Labute approximate surface area is 121 Å². The van der Waals surface area contributed by atoms with E-state index >= 15 is 0 Å². The lowest BCUT2D eigenvalue weighted by Gasteiger charge is -2.52. The summed E-state index contributed by atoms with van der Waals surface area (Å²) in [5.41, 5.74) is 1.43. The van der Waals surface area contributed by atoms with E-state index in [4.69, 9.17) is 0 Å². The molecule has 2 heteroatoms. The van der Waals surface area contributed by atoms with Crippen molar-refractivity contribution >= 4 is 11.6 Å². The Morgan fingerprint density at radius 1 is 1.00 bits per heavy atom. The summed E-state index contributed by atoms with van der Waals surface area (Å²) in [6.07, 6.45) is 10.3. The van der Waals surface area contributed by atoms with Gasteiger partial charge in [0.15, 0.2) is 5.78 Å². The van der Waals surface area contributed by atoms with E-state index < -0.39 is 0 Å². The summed E-state index contributed by atoms with van der Waals surface area (Å²) in [7, 11) is 0. The van der Waals surface area contributed by atoms with Crippen LogP contribution in [0.15, 0.2) is 11.6 Å². The number of fused-ring (bicyclic) bond motifs is 5. The standard InChI is InChI=1S/C18H24O2/c1-18-9-8-14-13-5-3-12(19)10-11(13)2-4-15(14)16(18)6-7-17(18)20/h10,13-16H,2-9H2,1H3/t13-,14+,15+,16?,18-/m0/s1. The Hall–Kier alpha value is -0.920. The zero-order valence-electron chi connectivity index (χ0n) is 12.4. The Morgan fingerprint density at radius 3 is 2.70 bits per heavy atom. The highest BCUT2D eigenvalue weighted by atomic mass is 16.1. The van der Waals surface area contributed by atoms with Gasteiger partial charge in [-0.3, -0.25) is 9.59 Å². The molecular weight excluding hydrogens is 248 g/mol. The lowest BCUT2D eigenvalue weighted by atomic mass is 9.52. The van der Waals surface area contributed by atoms with Gasteiger partial charge in [-0.2, -0.15) is 0 Å². The molecule has 4 rings (SSSR count). The van der Waals surface area contributed by atoms with Crippen LogP contribution in [0.2, 0.25) is 0 Å². The molecule has 4 aliphatic carbocycles. The predicted molar refractivity (Wildman–Crippen MR) is 77.1 cm³/mol. The van der Waals surface area contributed by atoms with Crippen LogP contribution >= 0.6 is 0 Å². The normalized spacial score (nSPS) is 47.4. The molecule has 0 aromatic heterocycles. The van der Waals surface area contributed by atoms with Gasteiger partial charge in [-0.1, -0.05) is 12.5 Å². The fourth-order valence-electron chi connectivity index (χ4n) is 5.95. The Kier molecular flexibility index (Phi) is 2.74. The topological polar surface area (TPSA) is 34.1 Å². The number of ketones is 2. The molecule has 2 nitrogen and oxygen atoms in total. The van der Waals surface area contributed by atoms with Crippen LogP contribution in [0.5, 0.6) is 0 Å². The average molecular weight is 272 g/mol. The average Bonchev–Trinajstić information content (AvgIpc) is 2.74. The van der Waals surface area contributed by atoms with E-state index in [-0.39, 0.29) is 5.41 Å². The highest BCUT2D eigenvalue weighted by Gasteiger charge is 2.55. The number of carbonyl (C=O) groups excluding carboxylic acids is 2. The van der Waals surface area contributed by atoms with Crippen molar-refractivity contribution in [3.63, 3.8) is 0 Å². The molecule has 0 heterocycles. The summed E-state index contributed by atoms with van der Waals surface area (Å²) < 4.78 is 0. The zero-order chi connectivity index (χ0) is 13.9. The molecule has 0 aromatic rings. The summed E-state index contributed by atoms with van der Waals surface area (Å²) in [6, 6.07) is 0. The molecule has 0 spiro atoms. The second kappa shape index (κ2) is 4.29. The van der Waals surface area contributed by atoms with Crippen molar-refractivity contribution in [1.82, 2.24) is 0 Å². The quantitative estimate of drug-likeness (QED) is 0.674. The number of carbonyl (C=O) groups is 2. The summed E-state index contributed by atoms with van der Waals surface area (Å²) in [6.45, 7) is 2.24. The Balaban J connectivity index is 1.65. The van der Waals surface area contributed by atoms with Gasteiger partial charge in [-0.05, 0) is 68.3 Å². The number of allylic oxidation sites excluding steroid dienone is 1. The van der Waals surface area contributed by atoms with E-state index in [2.05, 4.69) is 6.92 Å². The fourth-order valence-corrected chi connectivity index (χ4v) is 5.95. The predicted octanol–water partition coefficient (Wildman–Crippen LogP) is 3.70. The van der Waals surface area contributed by atoms with Gasteiger partial charge in [0.2, 0.25) is 0 Å². The highest BCUT2D eigenvalue weighted by Crippen LogP contribution is 2.60. The number of rotatable bonds is 0. The number of hydrogen-bond donors (Lipinski definition) is 0. The van der Waals surface area contributed by atoms with Crippen LogP contribution in [0, 0.1) is 29.1 Å². The van der Waals surface area contributed by atoms with E-state index in [1.165, 1.54) is 18.4 Å². The first-order valence-electron chi connectivity index (χ1n) is 8.36. The van der Waals surface area contributed by atoms with Crippen LogP contribution in [0.3, 0.4) is 0 Å². The molecule has 108 valence electrons. The third kappa shape index (κ3) is 1.63. The van der Waals surface area contributed by atoms with Crippen LogP contribution in [0.25, 0.3) is 0 Å². The molecule has 20 heavy (non-hydrogen) atoms. The van der Waals surface area contributed by atoms with Gasteiger partial charge in [0.25, 0.3) is 0 Å². The van der Waals surface area contributed by atoms with E-state index in [0.29, 0.717) is 23.4 Å². The van der Waals surface area contributed by atoms with Crippen molar-refractivity contribution in [3.8, 4) is 0 Å². The smallest absolute Gasteiger partial charge is 0.155 e. The largest absolute Gasteiger partial charge is 0.299 e. The van der Waals surface area contributed by atoms with Crippen molar-refractivity contribution in [1.29, 1.82) is 0 Å². The summed E-state index contributed by atoms with van der Waals surface area (Å²) in [5.74, 6) is 3.66. The lowest BCUT2D eigenvalue weighted by Crippen LogP contribution is -2.46. The minimum Gasteiger partial charge on any atom is -0.299 e. The zero-order valence-corrected chi connectivity index (χ0v) is 12.4. The highest BCUT2D eigenvalue weighted by molar-refractivity contribution is 5.91. The van der Waals surface area contributed by atoms with Crippen LogP contribution in [0.1, 0.15) is 58.3 Å². The van der Waals surface area contributed by atoms with E-state index in [9.17, 15) is 9.59 Å². The van der Waals surface area contributed by atoms with Gasteiger partial charge in [-0.25, -0.2) is 0 Å². The molecule has 0 saturated heterocycles. The molecule has 0 radical (unpaired) electrons. The van der Waals surface area contributed by atoms with Crippen LogP contribution in [-0.4, -0.2) is 11.6 Å². The van der Waals surface area contributed by atoms with Crippen molar-refractivity contribution in [2.45, 2.75) is 58.3 Å². The monoisotopic (exact) mass is 272 g/mol. The lowest BCUT2D eigenvalue weighted by molar-refractivity contribution is -0.131. The first-order valence-corrected chi connectivity index (χ1v) is 8.36. The van der Waals surface area contributed by atoms with Crippen LogP contribution in [-0.2, 0) is 9.59 Å². The van der Waals surface area contributed by atoms with Gasteiger partial charge < -0.3 is 0 Å². The maximum Gasteiger partial charge on any atom is 0.155 e. The van der Waals surface area contributed by atoms with Gasteiger partial charge in [0.1, 0.15) is 5.78 Å². The number of Topliss-reactive ketones (excluding diaryl/α,β-unsaturated/α-hetero) is 1. The molecule has 4 aliphatic rings. The molecule has 0 bridgehead atoms. The molecule has 3 fully saturated rings. The molecule has 0 aliphatic heterocycles. The third-order valence-electron chi connectivity index (χ3n) is 7.01. The SMILES string of the molecule is C[C@]12CC[C@@H]3[C@H]4CCC(=O)C=C4CC[C@H]3C1CCC2=O. The third-order valence-corrected chi connectivity index (χ3v) is 7.01. The molecule has 1 unspecified atom stereocenters. The summed E-state index contributed by atoms with van der Waals surface area (Å²) >= 11 is 0. The van der Waals surface area contributed by atoms with Gasteiger partial charge in [0.05, 0.1) is 0 Å². The second-order valence-corrected chi connectivity index (χ2v) is 7.72. The minimum atomic E-state index is -0.00707. The van der Waals surface area contributed by atoms with Crippen LogP contribution < -0.4 is 0 Å².